The lowest BCUT2D eigenvalue weighted by Crippen LogP contribution is -2.60. The first-order chi connectivity index (χ1) is 22.0. The molecule has 2 rings (SSSR count). The summed E-state index contributed by atoms with van der Waals surface area (Å²) in [7, 11) is 0. The largest absolute Gasteiger partial charge is 0.480 e. The van der Waals surface area contributed by atoms with E-state index in [0.717, 1.165) is 5.56 Å². The van der Waals surface area contributed by atoms with Gasteiger partial charge in [0.2, 0.25) is 23.6 Å². The molecule has 4 amide bonds. The third-order valence-electron chi connectivity index (χ3n) is 8.38. The third kappa shape index (κ3) is 13.2. The second kappa shape index (κ2) is 18.1. The number of amides is 4. The zero-order chi connectivity index (χ0) is 35.4. The van der Waals surface area contributed by atoms with Gasteiger partial charge in [0, 0.05) is 19.5 Å². The van der Waals surface area contributed by atoms with Crippen LogP contribution in [-0.2, 0) is 30.4 Å². The molecule has 0 aliphatic carbocycles. The number of carbonyl (C=O) groups excluding carboxylic acids is 4. The number of piperidine rings is 1. The Morgan fingerprint density at radius 2 is 1.45 bits per heavy atom. The summed E-state index contributed by atoms with van der Waals surface area (Å²) in [4.78, 5) is 67.4. The Hall–Kier alpha value is -3.55. The maximum absolute atomic E-state index is 13.8. The fourth-order valence-corrected chi connectivity index (χ4v) is 5.65. The van der Waals surface area contributed by atoms with E-state index < -0.39 is 53.4 Å². The SMILES string of the molecule is CC(C)C[C@@H](NC(=O)[C@@H](Cc1ccccc1)NC(=O)[C@H](N)CC(C)(C)C)C(=O)N[C@H](CCCCN)C(=O)N1CCC(N)(C(=O)O)CC1. The van der Waals surface area contributed by atoms with Crippen LogP contribution in [0.3, 0.4) is 0 Å². The number of likely N-dealkylation sites (tertiary alicyclic amines) is 1. The molecule has 47 heavy (non-hydrogen) atoms. The van der Waals surface area contributed by atoms with Crippen LogP contribution in [0, 0.1) is 11.3 Å². The van der Waals surface area contributed by atoms with Gasteiger partial charge in [0.15, 0.2) is 0 Å². The van der Waals surface area contributed by atoms with Crippen LogP contribution in [0.4, 0.5) is 0 Å². The maximum Gasteiger partial charge on any atom is 0.323 e. The van der Waals surface area contributed by atoms with Crippen LogP contribution in [0.25, 0.3) is 0 Å². The van der Waals surface area contributed by atoms with Gasteiger partial charge in [0.05, 0.1) is 6.04 Å². The van der Waals surface area contributed by atoms with Crippen molar-refractivity contribution < 1.29 is 29.1 Å². The van der Waals surface area contributed by atoms with E-state index in [1.807, 2.05) is 65.0 Å². The quantitative estimate of drug-likeness (QED) is 0.118. The summed E-state index contributed by atoms with van der Waals surface area (Å²) in [6.45, 7) is 10.5. The molecule has 0 saturated carbocycles. The first-order valence-corrected chi connectivity index (χ1v) is 16.7. The van der Waals surface area contributed by atoms with Gasteiger partial charge in [-0.1, -0.05) is 65.0 Å². The number of nitrogens with zero attached hydrogens (tertiary/aromatic N) is 1. The zero-order valence-corrected chi connectivity index (χ0v) is 28.7. The number of hydrogen-bond donors (Lipinski definition) is 7. The van der Waals surface area contributed by atoms with Crippen molar-refractivity contribution in [3.05, 3.63) is 35.9 Å². The molecule has 1 aliphatic rings. The van der Waals surface area contributed by atoms with Crippen molar-refractivity contribution in [2.24, 2.45) is 28.5 Å². The Kier molecular flexibility index (Phi) is 15.3. The number of unbranched alkanes of at least 4 members (excludes halogenated alkanes) is 1. The number of carboxylic acids is 1. The summed E-state index contributed by atoms with van der Waals surface area (Å²) < 4.78 is 0. The minimum absolute atomic E-state index is 0.00982. The molecule has 1 aromatic carbocycles. The van der Waals surface area contributed by atoms with Crippen LogP contribution in [0.15, 0.2) is 30.3 Å². The molecule has 264 valence electrons. The lowest BCUT2D eigenvalue weighted by Gasteiger charge is -2.38. The highest BCUT2D eigenvalue weighted by atomic mass is 16.4. The molecule has 1 aromatic rings. The lowest BCUT2D eigenvalue weighted by molar-refractivity contribution is -0.148. The van der Waals surface area contributed by atoms with Crippen molar-refractivity contribution in [2.45, 2.75) is 116 Å². The molecule has 0 radical (unpaired) electrons. The zero-order valence-electron chi connectivity index (χ0n) is 28.7. The van der Waals surface area contributed by atoms with Crippen LogP contribution in [0.5, 0.6) is 0 Å². The molecule has 0 unspecified atom stereocenters. The summed E-state index contributed by atoms with van der Waals surface area (Å²) >= 11 is 0. The molecule has 1 fully saturated rings. The Morgan fingerprint density at radius 1 is 0.894 bits per heavy atom. The highest BCUT2D eigenvalue weighted by Gasteiger charge is 2.40. The summed E-state index contributed by atoms with van der Waals surface area (Å²) in [5.41, 5.74) is 17.1. The number of rotatable bonds is 17. The normalized spacial score (nSPS) is 17.3. The Morgan fingerprint density at radius 3 is 1.98 bits per heavy atom. The summed E-state index contributed by atoms with van der Waals surface area (Å²) in [6.07, 6.45) is 2.63. The van der Waals surface area contributed by atoms with Crippen molar-refractivity contribution in [1.82, 2.24) is 20.9 Å². The van der Waals surface area contributed by atoms with Gasteiger partial charge < -0.3 is 43.2 Å². The minimum Gasteiger partial charge on any atom is -0.480 e. The van der Waals surface area contributed by atoms with Gasteiger partial charge in [-0.3, -0.25) is 24.0 Å². The second-order valence-corrected chi connectivity index (χ2v) is 14.4. The van der Waals surface area contributed by atoms with E-state index in [9.17, 15) is 29.1 Å². The number of hydrogen-bond acceptors (Lipinski definition) is 8. The fraction of sp³-hybridized carbons (Fsp3) is 0.676. The number of aliphatic carboxylic acids is 1. The first kappa shape index (κ1) is 39.6. The van der Waals surface area contributed by atoms with E-state index >= 15 is 0 Å². The van der Waals surface area contributed by atoms with E-state index in [4.69, 9.17) is 17.2 Å². The molecule has 13 nitrogen and oxygen atoms in total. The topological polar surface area (TPSA) is 223 Å². The number of nitrogens with one attached hydrogen (secondary N) is 3. The van der Waals surface area contributed by atoms with Gasteiger partial charge in [-0.15, -0.1) is 0 Å². The van der Waals surface area contributed by atoms with Gasteiger partial charge in [-0.25, -0.2) is 0 Å². The lowest BCUT2D eigenvalue weighted by atomic mass is 9.88. The van der Waals surface area contributed by atoms with Crippen LogP contribution in [0.1, 0.15) is 85.1 Å². The molecule has 1 aliphatic heterocycles. The van der Waals surface area contributed by atoms with Gasteiger partial charge in [0.25, 0.3) is 0 Å². The van der Waals surface area contributed by atoms with Crippen molar-refractivity contribution in [3.63, 3.8) is 0 Å². The van der Waals surface area contributed by atoms with E-state index in [0.29, 0.717) is 32.2 Å². The van der Waals surface area contributed by atoms with Crippen LogP contribution in [-0.4, -0.2) is 88.9 Å². The van der Waals surface area contributed by atoms with E-state index in [1.54, 1.807) is 0 Å². The molecule has 1 heterocycles. The van der Waals surface area contributed by atoms with Gasteiger partial charge in [-0.05, 0) is 68.4 Å². The molecular weight excluding hydrogens is 602 g/mol. The molecule has 13 heteroatoms. The first-order valence-electron chi connectivity index (χ1n) is 16.7. The minimum atomic E-state index is -1.40. The molecule has 1 saturated heterocycles. The van der Waals surface area contributed by atoms with E-state index in [2.05, 4.69) is 16.0 Å². The molecule has 4 atom stereocenters. The Labute approximate surface area is 279 Å². The van der Waals surface area contributed by atoms with Crippen LogP contribution >= 0.6 is 0 Å². The fourth-order valence-electron chi connectivity index (χ4n) is 5.65. The summed E-state index contributed by atoms with van der Waals surface area (Å²) in [6, 6.07) is 5.52. The van der Waals surface area contributed by atoms with Crippen LogP contribution in [0.2, 0.25) is 0 Å². The monoisotopic (exact) mass is 659 g/mol. The number of benzene rings is 1. The predicted molar refractivity (Wildman–Crippen MR) is 181 cm³/mol. The highest BCUT2D eigenvalue weighted by Crippen LogP contribution is 2.22. The maximum atomic E-state index is 13.8. The third-order valence-corrected chi connectivity index (χ3v) is 8.38. The molecule has 0 bridgehead atoms. The standard InChI is InChI=1S/C34H57N7O6/c1-22(2)19-26(29(43)38-25(13-9-10-16-35)31(45)41-17-14-34(37,15-18-41)32(46)47)40-30(44)27(20-23-11-7-6-8-12-23)39-28(42)24(36)21-33(3,4)5/h6-8,11-12,22,24-27H,9-10,13-21,35-37H2,1-5H3,(H,38,43)(H,39,42)(H,40,44)(H,46,47)/t24-,25-,26-,27-/m1/s1. The summed E-state index contributed by atoms with van der Waals surface area (Å²) in [5.74, 6) is -2.96. The van der Waals surface area contributed by atoms with Gasteiger partial charge in [-0.2, -0.15) is 0 Å². The summed E-state index contributed by atoms with van der Waals surface area (Å²) in [5, 5.41) is 18.0. The molecule has 0 spiro atoms. The Bertz CT molecular complexity index is 1200. The van der Waals surface area contributed by atoms with E-state index in [1.165, 1.54) is 4.90 Å². The van der Waals surface area contributed by atoms with Gasteiger partial charge in [0.1, 0.15) is 23.7 Å². The smallest absolute Gasteiger partial charge is 0.323 e. The highest BCUT2D eigenvalue weighted by molar-refractivity contribution is 5.95. The van der Waals surface area contributed by atoms with Gasteiger partial charge >= 0.3 is 5.97 Å². The molecule has 0 aromatic heterocycles. The Balaban J connectivity index is 2.25. The average molecular weight is 660 g/mol. The van der Waals surface area contributed by atoms with E-state index in [-0.39, 0.29) is 56.0 Å². The van der Waals surface area contributed by atoms with Crippen LogP contribution < -0.4 is 33.2 Å². The average Bonchev–Trinajstić information content (AvgIpc) is 2.99. The molecule has 10 N–H and O–H groups in total. The number of nitrogens with two attached hydrogens (primary N) is 3. The van der Waals surface area contributed by atoms with Crippen molar-refractivity contribution in [3.8, 4) is 0 Å². The number of carbonyl (C=O) groups is 5. The molecular formula is C34H57N7O6. The van der Waals surface area contributed by atoms with Crippen molar-refractivity contribution in [2.75, 3.05) is 19.6 Å². The number of carboxylic acid groups (broad SMARTS) is 1. The predicted octanol–water partition coefficient (Wildman–Crippen LogP) is 1.03. The van der Waals surface area contributed by atoms with Crippen molar-refractivity contribution in [1.29, 1.82) is 0 Å². The second-order valence-electron chi connectivity index (χ2n) is 14.4. The van der Waals surface area contributed by atoms with Crippen molar-refractivity contribution >= 4 is 29.6 Å².